The first-order valence-corrected chi connectivity index (χ1v) is 8.96. The number of rotatable bonds is 7. The molecule has 0 bridgehead atoms. The minimum absolute atomic E-state index is 0.105. The van der Waals surface area contributed by atoms with Crippen molar-refractivity contribution in [2.75, 3.05) is 26.2 Å². The third-order valence-electron chi connectivity index (χ3n) is 5.03. The zero-order chi connectivity index (χ0) is 18.2. The molecule has 2 heterocycles. The number of carboxylic acid groups (broad SMARTS) is 1. The zero-order valence-electron chi connectivity index (χ0n) is 14.5. The van der Waals surface area contributed by atoms with Crippen LogP contribution in [0.5, 0.6) is 0 Å². The Morgan fingerprint density at radius 1 is 1.28 bits per heavy atom. The van der Waals surface area contributed by atoms with E-state index in [0.29, 0.717) is 31.8 Å². The third-order valence-corrected chi connectivity index (χ3v) is 5.03. The monoisotopic (exact) mass is 349 g/mol. The molecular formula is C18H27N3O4. The largest absolute Gasteiger partial charge is 0.481 e. The van der Waals surface area contributed by atoms with Crippen molar-refractivity contribution >= 4 is 17.8 Å². The van der Waals surface area contributed by atoms with Crippen molar-refractivity contribution in [1.29, 1.82) is 0 Å². The number of piperidine rings is 1. The highest BCUT2D eigenvalue weighted by atomic mass is 16.4. The van der Waals surface area contributed by atoms with Gasteiger partial charge >= 0.3 is 5.97 Å². The number of amides is 2. The molecule has 2 aliphatic heterocycles. The lowest BCUT2D eigenvalue weighted by Gasteiger charge is -2.23. The molecule has 2 unspecified atom stereocenters. The fourth-order valence-electron chi connectivity index (χ4n) is 3.47. The maximum Gasteiger partial charge on any atom is 0.306 e. The molecule has 2 fully saturated rings. The Morgan fingerprint density at radius 3 is 2.64 bits per heavy atom. The fourth-order valence-corrected chi connectivity index (χ4v) is 3.47. The van der Waals surface area contributed by atoms with Crippen molar-refractivity contribution in [2.45, 2.75) is 44.6 Å². The molecule has 2 amide bonds. The van der Waals surface area contributed by atoms with Crippen LogP contribution in [-0.2, 0) is 14.4 Å². The van der Waals surface area contributed by atoms with Crippen LogP contribution in [-0.4, -0.2) is 60.0 Å². The molecule has 0 spiro atoms. The lowest BCUT2D eigenvalue weighted by Crippen LogP contribution is -2.40. The predicted molar refractivity (Wildman–Crippen MR) is 92.5 cm³/mol. The quantitative estimate of drug-likeness (QED) is 0.571. The molecule has 0 aliphatic carbocycles. The van der Waals surface area contributed by atoms with Gasteiger partial charge in [0.15, 0.2) is 0 Å². The molecule has 2 rings (SSSR count). The topological polar surface area (TPSA) is 98.7 Å². The Kier molecular flexibility index (Phi) is 7.26. The van der Waals surface area contributed by atoms with E-state index in [1.165, 1.54) is 0 Å². The molecule has 3 N–H and O–H groups in total. The average molecular weight is 349 g/mol. The van der Waals surface area contributed by atoms with E-state index in [1.54, 1.807) is 4.90 Å². The summed E-state index contributed by atoms with van der Waals surface area (Å²) in [5.41, 5.74) is 0. The van der Waals surface area contributed by atoms with E-state index in [9.17, 15) is 14.4 Å². The number of hydrogen-bond acceptors (Lipinski definition) is 4. The summed E-state index contributed by atoms with van der Waals surface area (Å²) in [5.74, 6) is 1.37. The summed E-state index contributed by atoms with van der Waals surface area (Å²) in [6.45, 7) is 3.01. The molecule has 0 radical (unpaired) electrons. The van der Waals surface area contributed by atoms with Crippen LogP contribution in [0.1, 0.15) is 38.5 Å². The van der Waals surface area contributed by atoms with Crippen molar-refractivity contribution in [3.63, 3.8) is 0 Å². The summed E-state index contributed by atoms with van der Waals surface area (Å²) in [6.07, 6.45) is 9.23. The van der Waals surface area contributed by atoms with Gasteiger partial charge in [-0.15, -0.1) is 6.42 Å². The van der Waals surface area contributed by atoms with Gasteiger partial charge in [0.25, 0.3) is 0 Å². The van der Waals surface area contributed by atoms with Gasteiger partial charge < -0.3 is 20.6 Å². The number of nitrogens with one attached hydrogen (secondary N) is 2. The van der Waals surface area contributed by atoms with Crippen molar-refractivity contribution in [3.8, 4) is 12.3 Å². The highest BCUT2D eigenvalue weighted by molar-refractivity contribution is 5.83. The number of nitrogens with zero attached hydrogens (tertiary/aromatic N) is 1. The molecule has 0 saturated carbocycles. The third kappa shape index (κ3) is 6.05. The highest BCUT2D eigenvalue weighted by Gasteiger charge is 2.32. The van der Waals surface area contributed by atoms with Gasteiger partial charge in [-0.05, 0) is 44.7 Å². The standard InChI is InChI=1S/C18H27N3O4/c1-2-15(11-17(23)24)20-18(25)14-7-10-21(12-14)16(22)4-3-13-5-8-19-9-6-13/h1,13-15,19H,3-12H2,(H,20,25)(H,23,24). The second-order valence-electron chi connectivity index (χ2n) is 6.88. The molecule has 138 valence electrons. The molecule has 2 aliphatic rings. The first-order valence-electron chi connectivity index (χ1n) is 8.96. The minimum atomic E-state index is -1.05. The number of carboxylic acids is 1. The Bertz CT molecular complexity index is 537. The first kappa shape index (κ1) is 19.3. The number of carbonyl (C=O) groups is 3. The van der Waals surface area contributed by atoms with Crippen molar-refractivity contribution in [2.24, 2.45) is 11.8 Å². The zero-order valence-corrected chi connectivity index (χ0v) is 14.5. The van der Waals surface area contributed by atoms with Gasteiger partial charge in [0.2, 0.25) is 11.8 Å². The van der Waals surface area contributed by atoms with Crippen molar-refractivity contribution < 1.29 is 19.5 Å². The Hall–Kier alpha value is -2.07. The van der Waals surface area contributed by atoms with E-state index in [4.69, 9.17) is 11.5 Å². The summed E-state index contributed by atoms with van der Waals surface area (Å²) in [5, 5.41) is 14.7. The summed E-state index contributed by atoms with van der Waals surface area (Å²) >= 11 is 0. The van der Waals surface area contributed by atoms with E-state index >= 15 is 0 Å². The van der Waals surface area contributed by atoms with Gasteiger partial charge in [-0.3, -0.25) is 14.4 Å². The normalized spacial score (nSPS) is 22.2. The Labute approximate surface area is 148 Å². The van der Waals surface area contributed by atoms with Crippen LogP contribution in [0.2, 0.25) is 0 Å². The molecule has 2 atom stereocenters. The Morgan fingerprint density at radius 2 is 2.00 bits per heavy atom. The molecule has 7 heteroatoms. The second-order valence-corrected chi connectivity index (χ2v) is 6.88. The number of carbonyl (C=O) groups excluding carboxylic acids is 2. The van der Waals surface area contributed by atoms with Gasteiger partial charge in [0, 0.05) is 19.5 Å². The van der Waals surface area contributed by atoms with E-state index in [2.05, 4.69) is 16.6 Å². The van der Waals surface area contributed by atoms with Gasteiger partial charge in [-0.1, -0.05) is 5.92 Å². The second kappa shape index (κ2) is 9.42. The molecule has 0 aromatic rings. The molecule has 25 heavy (non-hydrogen) atoms. The summed E-state index contributed by atoms with van der Waals surface area (Å²) in [4.78, 5) is 37.0. The average Bonchev–Trinajstić information content (AvgIpc) is 3.10. The SMILES string of the molecule is C#CC(CC(=O)O)NC(=O)C1CCN(C(=O)CCC2CCNCC2)C1. The van der Waals surface area contributed by atoms with Gasteiger partial charge in [-0.2, -0.15) is 0 Å². The molecular weight excluding hydrogens is 322 g/mol. The highest BCUT2D eigenvalue weighted by Crippen LogP contribution is 2.21. The number of hydrogen-bond donors (Lipinski definition) is 3. The summed E-state index contributed by atoms with van der Waals surface area (Å²) in [6, 6.07) is -0.810. The van der Waals surface area contributed by atoms with E-state index in [0.717, 1.165) is 32.4 Å². The van der Waals surface area contributed by atoms with Crippen LogP contribution in [0.4, 0.5) is 0 Å². The number of likely N-dealkylation sites (tertiary alicyclic amines) is 1. The van der Waals surface area contributed by atoms with E-state index in [-0.39, 0.29) is 24.2 Å². The van der Waals surface area contributed by atoms with Crippen LogP contribution in [0.25, 0.3) is 0 Å². The van der Waals surface area contributed by atoms with E-state index < -0.39 is 12.0 Å². The molecule has 2 saturated heterocycles. The fraction of sp³-hybridized carbons (Fsp3) is 0.722. The van der Waals surface area contributed by atoms with Gasteiger partial charge in [0.1, 0.15) is 6.04 Å². The van der Waals surface area contributed by atoms with Crippen molar-refractivity contribution in [3.05, 3.63) is 0 Å². The minimum Gasteiger partial charge on any atom is -0.481 e. The van der Waals surface area contributed by atoms with E-state index in [1.807, 2.05) is 0 Å². The smallest absolute Gasteiger partial charge is 0.306 e. The molecule has 7 nitrogen and oxygen atoms in total. The van der Waals surface area contributed by atoms with Crippen LogP contribution < -0.4 is 10.6 Å². The predicted octanol–water partition coefficient (Wildman–Crippen LogP) is 0.207. The summed E-state index contributed by atoms with van der Waals surface area (Å²) < 4.78 is 0. The van der Waals surface area contributed by atoms with Crippen LogP contribution in [0.3, 0.4) is 0 Å². The maximum atomic E-state index is 12.3. The van der Waals surface area contributed by atoms with Crippen LogP contribution >= 0.6 is 0 Å². The van der Waals surface area contributed by atoms with Crippen molar-refractivity contribution in [1.82, 2.24) is 15.5 Å². The van der Waals surface area contributed by atoms with Gasteiger partial charge in [-0.25, -0.2) is 0 Å². The molecule has 0 aromatic heterocycles. The summed E-state index contributed by atoms with van der Waals surface area (Å²) in [7, 11) is 0. The number of terminal acetylenes is 1. The molecule has 0 aromatic carbocycles. The maximum absolute atomic E-state index is 12.3. The van der Waals surface area contributed by atoms with Crippen LogP contribution in [0, 0.1) is 24.2 Å². The first-order chi connectivity index (χ1) is 12.0. The number of aliphatic carboxylic acids is 1. The lowest BCUT2D eigenvalue weighted by molar-refractivity contribution is -0.137. The lowest BCUT2D eigenvalue weighted by atomic mass is 9.93. The van der Waals surface area contributed by atoms with Gasteiger partial charge in [0.05, 0.1) is 12.3 Å². The van der Waals surface area contributed by atoms with Crippen LogP contribution in [0.15, 0.2) is 0 Å². The Balaban J connectivity index is 1.73.